The Morgan fingerprint density at radius 2 is 1.24 bits per heavy atom. The van der Waals surface area contributed by atoms with E-state index in [1.165, 1.54) is 0 Å². The maximum Gasteiger partial charge on any atom is 0.320 e. The standard InChI is InChI=1S/C6H14N2O2.C6H11NO4/c7-4-2-1-3-5(8)6(9)10;7-4(6(10)11)2-1-3-5(8)9/h5H,1-4,7-8H2,(H,9,10);4H,1-3,7H2,(H,8,9)(H,10,11)/t5-;/m0./s1. The highest BCUT2D eigenvalue weighted by Gasteiger charge is 2.11. The van der Waals surface area contributed by atoms with Crippen LogP contribution in [0.25, 0.3) is 0 Å². The molecule has 0 bridgehead atoms. The van der Waals surface area contributed by atoms with Crippen molar-refractivity contribution in [1.82, 2.24) is 0 Å². The predicted molar refractivity (Wildman–Crippen MR) is 75.6 cm³/mol. The number of hydrogen-bond acceptors (Lipinski definition) is 6. The van der Waals surface area contributed by atoms with Crippen molar-refractivity contribution < 1.29 is 29.7 Å². The van der Waals surface area contributed by atoms with Crippen LogP contribution in [0.3, 0.4) is 0 Å². The minimum absolute atomic E-state index is 0.0268. The summed E-state index contributed by atoms with van der Waals surface area (Å²) in [6.07, 6.45) is 2.66. The molecule has 0 amide bonds. The minimum Gasteiger partial charge on any atom is -0.481 e. The molecule has 0 aromatic carbocycles. The molecular formula is C12H25N3O6. The van der Waals surface area contributed by atoms with Gasteiger partial charge in [0.25, 0.3) is 0 Å². The Kier molecular flexibility index (Phi) is 13.7. The second kappa shape index (κ2) is 13.3. The van der Waals surface area contributed by atoms with Crippen LogP contribution >= 0.6 is 0 Å². The lowest BCUT2D eigenvalue weighted by Crippen LogP contribution is -2.29. The van der Waals surface area contributed by atoms with E-state index in [2.05, 4.69) is 0 Å². The summed E-state index contributed by atoms with van der Waals surface area (Å²) in [5.74, 6) is -2.95. The number of carboxylic acids is 3. The normalized spacial score (nSPS) is 12.7. The van der Waals surface area contributed by atoms with Crippen molar-refractivity contribution in [3.8, 4) is 0 Å². The molecule has 2 atom stereocenters. The molecule has 124 valence electrons. The van der Waals surface area contributed by atoms with E-state index in [9.17, 15) is 14.4 Å². The summed E-state index contributed by atoms with van der Waals surface area (Å²) in [5, 5.41) is 24.8. The predicted octanol–water partition coefficient (Wildman–Crippen LogP) is -0.819. The summed E-state index contributed by atoms with van der Waals surface area (Å²) in [5.41, 5.74) is 15.5. The van der Waals surface area contributed by atoms with Gasteiger partial charge in [-0.3, -0.25) is 14.4 Å². The van der Waals surface area contributed by atoms with E-state index in [-0.39, 0.29) is 12.8 Å². The van der Waals surface area contributed by atoms with E-state index in [1.54, 1.807) is 0 Å². The third kappa shape index (κ3) is 16.2. The first-order chi connectivity index (χ1) is 9.72. The highest BCUT2D eigenvalue weighted by molar-refractivity contribution is 5.73. The zero-order valence-electron chi connectivity index (χ0n) is 11.9. The van der Waals surface area contributed by atoms with Crippen LogP contribution in [0, 0.1) is 0 Å². The van der Waals surface area contributed by atoms with Crippen molar-refractivity contribution >= 4 is 17.9 Å². The van der Waals surface area contributed by atoms with Crippen molar-refractivity contribution in [2.24, 2.45) is 17.2 Å². The molecule has 0 aromatic rings. The van der Waals surface area contributed by atoms with Crippen molar-refractivity contribution in [1.29, 1.82) is 0 Å². The smallest absolute Gasteiger partial charge is 0.320 e. The van der Waals surface area contributed by atoms with E-state index in [0.29, 0.717) is 19.4 Å². The minimum atomic E-state index is -1.09. The molecule has 0 radical (unpaired) electrons. The number of nitrogens with two attached hydrogens (primary N) is 3. The Labute approximate surface area is 123 Å². The SMILES string of the molecule is NC(CCCC(=O)O)C(=O)O.NCCCC[C@H](N)C(=O)O. The van der Waals surface area contributed by atoms with Crippen LogP contribution in [0.2, 0.25) is 0 Å². The van der Waals surface area contributed by atoms with Gasteiger partial charge in [0, 0.05) is 6.42 Å². The molecule has 9 N–H and O–H groups in total. The van der Waals surface area contributed by atoms with Gasteiger partial charge in [0.2, 0.25) is 0 Å². The third-order valence-corrected chi connectivity index (χ3v) is 2.51. The van der Waals surface area contributed by atoms with E-state index in [0.717, 1.165) is 12.8 Å². The number of unbranched alkanes of at least 4 members (excludes halogenated alkanes) is 1. The Bertz CT molecular complexity index is 324. The fourth-order valence-electron chi connectivity index (χ4n) is 1.23. The third-order valence-electron chi connectivity index (χ3n) is 2.51. The summed E-state index contributed by atoms with van der Waals surface area (Å²) >= 11 is 0. The van der Waals surface area contributed by atoms with E-state index < -0.39 is 30.0 Å². The summed E-state index contributed by atoms with van der Waals surface area (Å²) < 4.78 is 0. The van der Waals surface area contributed by atoms with Gasteiger partial charge in [-0.25, -0.2) is 0 Å². The molecular weight excluding hydrogens is 282 g/mol. The number of carbonyl (C=O) groups is 3. The van der Waals surface area contributed by atoms with Gasteiger partial charge in [-0.15, -0.1) is 0 Å². The van der Waals surface area contributed by atoms with Crippen molar-refractivity contribution in [3.05, 3.63) is 0 Å². The van der Waals surface area contributed by atoms with Crippen LogP contribution in [-0.4, -0.2) is 51.9 Å². The van der Waals surface area contributed by atoms with Gasteiger partial charge in [0.05, 0.1) is 0 Å². The summed E-state index contributed by atoms with van der Waals surface area (Å²) in [6, 6.07) is -1.65. The molecule has 0 saturated heterocycles. The fraction of sp³-hybridized carbons (Fsp3) is 0.750. The molecule has 0 fully saturated rings. The highest BCUT2D eigenvalue weighted by atomic mass is 16.4. The molecule has 21 heavy (non-hydrogen) atoms. The number of hydrogen-bond donors (Lipinski definition) is 6. The number of carboxylic acid groups (broad SMARTS) is 3. The van der Waals surface area contributed by atoms with Crippen LogP contribution in [0.15, 0.2) is 0 Å². The van der Waals surface area contributed by atoms with E-state index >= 15 is 0 Å². The maximum absolute atomic E-state index is 10.1. The van der Waals surface area contributed by atoms with Gasteiger partial charge in [-0.05, 0) is 32.2 Å². The summed E-state index contributed by atoms with van der Waals surface area (Å²) in [7, 11) is 0. The molecule has 0 aromatic heterocycles. The largest absolute Gasteiger partial charge is 0.481 e. The number of aliphatic carboxylic acids is 3. The molecule has 0 heterocycles. The molecule has 0 aliphatic rings. The van der Waals surface area contributed by atoms with Crippen LogP contribution in [0.4, 0.5) is 0 Å². The highest BCUT2D eigenvalue weighted by Crippen LogP contribution is 1.98. The Morgan fingerprint density at radius 1 is 0.810 bits per heavy atom. The molecule has 0 spiro atoms. The average molecular weight is 307 g/mol. The van der Waals surface area contributed by atoms with Gasteiger partial charge in [0.1, 0.15) is 12.1 Å². The van der Waals surface area contributed by atoms with Crippen LogP contribution in [0.5, 0.6) is 0 Å². The topological polar surface area (TPSA) is 190 Å². The van der Waals surface area contributed by atoms with Gasteiger partial charge in [-0.2, -0.15) is 0 Å². The molecule has 1 unspecified atom stereocenters. The zero-order chi connectivity index (χ0) is 16.8. The summed E-state index contributed by atoms with van der Waals surface area (Å²) in [6.45, 7) is 0.604. The Hall–Kier alpha value is -1.71. The first-order valence-corrected chi connectivity index (χ1v) is 6.61. The van der Waals surface area contributed by atoms with Crippen LogP contribution < -0.4 is 17.2 Å². The Balaban J connectivity index is 0. The average Bonchev–Trinajstić information content (AvgIpc) is 2.38. The fourth-order valence-corrected chi connectivity index (χ4v) is 1.23. The first kappa shape index (κ1) is 21.6. The molecule has 0 rings (SSSR count). The van der Waals surface area contributed by atoms with Crippen LogP contribution in [-0.2, 0) is 14.4 Å². The lowest BCUT2D eigenvalue weighted by molar-refractivity contribution is -0.140. The number of rotatable bonds is 10. The van der Waals surface area contributed by atoms with E-state index in [1.807, 2.05) is 0 Å². The van der Waals surface area contributed by atoms with E-state index in [4.69, 9.17) is 32.5 Å². The zero-order valence-corrected chi connectivity index (χ0v) is 11.9. The summed E-state index contributed by atoms with van der Waals surface area (Å²) in [4.78, 5) is 30.2. The monoisotopic (exact) mass is 307 g/mol. The molecule has 0 aliphatic heterocycles. The van der Waals surface area contributed by atoms with Crippen LogP contribution in [0.1, 0.15) is 38.5 Å². The maximum atomic E-state index is 10.1. The van der Waals surface area contributed by atoms with Gasteiger partial charge in [-0.1, -0.05) is 6.42 Å². The van der Waals surface area contributed by atoms with Crippen molar-refractivity contribution in [3.63, 3.8) is 0 Å². The van der Waals surface area contributed by atoms with Gasteiger partial charge >= 0.3 is 17.9 Å². The second-order valence-electron chi connectivity index (χ2n) is 4.46. The van der Waals surface area contributed by atoms with Gasteiger partial charge < -0.3 is 32.5 Å². The lowest BCUT2D eigenvalue weighted by Gasteiger charge is -2.03. The molecule has 0 aliphatic carbocycles. The first-order valence-electron chi connectivity index (χ1n) is 6.61. The quantitative estimate of drug-likeness (QED) is 0.280. The molecule has 9 heteroatoms. The van der Waals surface area contributed by atoms with Gasteiger partial charge in [0.15, 0.2) is 0 Å². The van der Waals surface area contributed by atoms with Crippen molar-refractivity contribution in [2.45, 2.75) is 50.6 Å². The van der Waals surface area contributed by atoms with Crippen molar-refractivity contribution in [2.75, 3.05) is 6.54 Å². The molecule has 0 saturated carbocycles. The molecule has 9 nitrogen and oxygen atoms in total. The Morgan fingerprint density at radius 3 is 1.57 bits per heavy atom. The lowest BCUT2D eigenvalue weighted by atomic mass is 10.1. The second-order valence-corrected chi connectivity index (χ2v) is 4.46.